The third-order valence-electron chi connectivity index (χ3n) is 9.08. The number of hydrogen-bond donors (Lipinski definition) is 1. The predicted molar refractivity (Wildman–Crippen MR) is 116 cm³/mol. The monoisotopic (exact) mass is 430 g/mol. The van der Waals surface area contributed by atoms with Crippen LogP contribution >= 0.6 is 0 Å². The molecule has 2 amide bonds. The zero-order valence-corrected chi connectivity index (χ0v) is 18.9. The van der Waals surface area contributed by atoms with Crippen molar-refractivity contribution in [1.29, 1.82) is 0 Å². The Balaban J connectivity index is 1.17. The molecule has 6 nitrogen and oxygen atoms in total. The second kappa shape index (κ2) is 8.40. The molecule has 6 heteroatoms. The van der Waals surface area contributed by atoms with Gasteiger partial charge in [-0.3, -0.25) is 9.59 Å². The summed E-state index contributed by atoms with van der Waals surface area (Å²) in [5, 5.41) is 3.04. The van der Waals surface area contributed by atoms with Gasteiger partial charge in [0.2, 0.25) is 5.91 Å². The summed E-state index contributed by atoms with van der Waals surface area (Å²) in [7, 11) is 0. The summed E-state index contributed by atoms with van der Waals surface area (Å²) in [5.74, 6) is 2.16. The highest BCUT2D eigenvalue weighted by molar-refractivity contribution is 5.90. The Morgan fingerprint density at radius 3 is 2.23 bits per heavy atom. The zero-order chi connectivity index (χ0) is 21.6. The van der Waals surface area contributed by atoms with Gasteiger partial charge in [-0.25, -0.2) is 4.79 Å². The third kappa shape index (κ3) is 4.11. The molecule has 1 heterocycles. The van der Waals surface area contributed by atoms with E-state index in [1.807, 2.05) is 4.90 Å². The van der Waals surface area contributed by atoms with Crippen LogP contribution in [0.4, 0.5) is 0 Å². The van der Waals surface area contributed by atoms with Crippen LogP contribution in [-0.4, -0.2) is 47.9 Å². The number of ether oxygens (including phenoxy) is 1. The number of hydrogen-bond acceptors (Lipinski definition) is 4. The van der Waals surface area contributed by atoms with E-state index in [0.29, 0.717) is 36.6 Å². The topological polar surface area (TPSA) is 75.7 Å². The van der Waals surface area contributed by atoms with E-state index in [9.17, 15) is 14.4 Å². The summed E-state index contributed by atoms with van der Waals surface area (Å²) in [6, 6.07) is -0.331. The SMILES string of the molecule is C[C@H]1CCCC[C@H]1NC(=O)COC(=O)[C@@H]1CCCN1C(=O)C12CC3CC(CC(C3)C1)C2. The van der Waals surface area contributed by atoms with Gasteiger partial charge in [-0.1, -0.05) is 19.8 Å². The molecule has 4 bridgehead atoms. The fourth-order valence-electron chi connectivity index (χ4n) is 7.94. The van der Waals surface area contributed by atoms with Crippen molar-refractivity contribution < 1.29 is 19.1 Å². The lowest BCUT2D eigenvalue weighted by Gasteiger charge is -2.56. The number of amides is 2. The molecular weight excluding hydrogens is 392 g/mol. The molecule has 3 atom stereocenters. The van der Waals surface area contributed by atoms with Gasteiger partial charge in [0, 0.05) is 12.6 Å². The molecule has 5 aliphatic carbocycles. The Bertz CT molecular complexity index is 700. The molecule has 6 aliphatic rings. The molecule has 0 aromatic carbocycles. The average Bonchev–Trinajstić information content (AvgIpc) is 3.22. The van der Waals surface area contributed by atoms with Crippen molar-refractivity contribution in [2.24, 2.45) is 29.1 Å². The van der Waals surface area contributed by atoms with E-state index in [-0.39, 0.29) is 29.9 Å². The fraction of sp³-hybridized carbons (Fsp3) is 0.880. The van der Waals surface area contributed by atoms with Crippen molar-refractivity contribution in [2.75, 3.05) is 13.2 Å². The van der Waals surface area contributed by atoms with Crippen molar-refractivity contribution in [1.82, 2.24) is 10.2 Å². The molecule has 0 aromatic rings. The van der Waals surface area contributed by atoms with E-state index in [2.05, 4.69) is 12.2 Å². The van der Waals surface area contributed by atoms with Crippen LogP contribution in [-0.2, 0) is 19.1 Å². The molecule has 172 valence electrons. The first-order valence-electron chi connectivity index (χ1n) is 12.7. The standard InChI is InChI=1S/C25H38N2O4/c1-16-5-2-3-6-20(16)26-22(28)15-31-23(29)21-7-4-8-27(21)24(30)25-12-17-9-18(13-25)11-19(10-17)14-25/h16-21H,2-15H2,1H3,(H,26,28)/t16-,17?,18?,19?,20+,21-,25?/m0/s1. The molecule has 0 radical (unpaired) electrons. The van der Waals surface area contributed by atoms with E-state index in [1.165, 1.54) is 25.7 Å². The second-order valence-corrected chi connectivity index (χ2v) is 11.4. The van der Waals surface area contributed by atoms with Crippen molar-refractivity contribution in [3.8, 4) is 0 Å². The van der Waals surface area contributed by atoms with Crippen LogP contribution in [0, 0.1) is 29.1 Å². The summed E-state index contributed by atoms with van der Waals surface area (Å²) in [4.78, 5) is 40.7. The molecular formula is C25H38N2O4. The molecule has 5 saturated carbocycles. The molecule has 6 fully saturated rings. The summed E-state index contributed by atoms with van der Waals surface area (Å²) in [5.41, 5.74) is -0.230. The number of carbonyl (C=O) groups excluding carboxylic acids is 3. The molecule has 6 rings (SSSR count). The van der Waals surface area contributed by atoms with Crippen LogP contribution < -0.4 is 5.32 Å². The van der Waals surface area contributed by atoms with Crippen molar-refractivity contribution in [2.45, 2.75) is 96.1 Å². The lowest BCUT2D eigenvalue weighted by Crippen LogP contribution is -2.56. The van der Waals surface area contributed by atoms with Gasteiger partial charge in [-0.2, -0.15) is 0 Å². The number of esters is 1. The van der Waals surface area contributed by atoms with Crippen molar-refractivity contribution in [3.63, 3.8) is 0 Å². The summed E-state index contributed by atoms with van der Waals surface area (Å²) < 4.78 is 5.42. The van der Waals surface area contributed by atoms with Crippen LogP contribution in [0.15, 0.2) is 0 Å². The third-order valence-corrected chi connectivity index (χ3v) is 9.08. The normalized spacial score (nSPS) is 41.3. The molecule has 0 unspecified atom stereocenters. The van der Waals surface area contributed by atoms with Crippen LogP contribution in [0.25, 0.3) is 0 Å². The van der Waals surface area contributed by atoms with Gasteiger partial charge in [-0.05, 0) is 87.9 Å². The number of carbonyl (C=O) groups is 3. The predicted octanol–water partition coefficient (Wildman–Crippen LogP) is 3.43. The quantitative estimate of drug-likeness (QED) is 0.678. The van der Waals surface area contributed by atoms with E-state index in [1.54, 1.807) is 0 Å². The Morgan fingerprint density at radius 2 is 1.58 bits per heavy atom. The Hall–Kier alpha value is -1.59. The van der Waals surface area contributed by atoms with Gasteiger partial charge >= 0.3 is 5.97 Å². The molecule has 1 N–H and O–H groups in total. The minimum atomic E-state index is -0.512. The maximum Gasteiger partial charge on any atom is 0.329 e. The van der Waals surface area contributed by atoms with Gasteiger partial charge in [0.15, 0.2) is 6.61 Å². The van der Waals surface area contributed by atoms with E-state index in [0.717, 1.165) is 44.9 Å². The molecule has 31 heavy (non-hydrogen) atoms. The largest absolute Gasteiger partial charge is 0.454 e. The number of rotatable bonds is 5. The Morgan fingerprint density at radius 1 is 0.935 bits per heavy atom. The molecule has 1 saturated heterocycles. The lowest BCUT2D eigenvalue weighted by molar-refractivity contribution is -0.166. The van der Waals surface area contributed by atoms with Gasteiger partial charge in [0.1, 0.15) is 6.04 Å². The Kier molecular flexibility index (Phi) is 5.76. The highest BCUT2D eigenvalue weighted by Gasteiger charge is 2.57. The van der Waals surface area contributed by atoms with Crippen LogP contribution in [0.2, 0.25) is 0 Å². The maximum absolute atomic E-state index is 13.7. The van der Waals surface area contributed by atoms with Crippen LogP contribution in [0.5, 0.6) is 0 Å². The summed E-state index contributed by atoms with van der Waals surface area (Å²) in [6.07, 6.45) is 12.9. The maximum atomic E-state index is 13.7. The average molecular weight is 431 g/mol. The van der Waals surface area contributed by atoms with Gasteiger partial charge in [0.25, 0.3) is 5.91 Å². The first kappa shape index (κ1) is 21.3. The molecule has 0 spiro atoms. The van der Waals surface area contributed by atoms with E-state index < -0.39 is 12.0 Å². The first-order chi connectivity index (χ1) is 14.9. The number of nitrogens with zero attached hydrogens (tertiary/aromatic N) is 1. The summed E-state index contributed by atoms with van der Waals surface area (Å²) in [6.45, 7) is 2.58. The minimum Gasteiger partial charge on any atom is -0.454 e. The van der Waals surface area contributed by atoms with Crippen molar-refractivity contribution in [3.05, 3.63) is 0 Å². The number of nitrogens with one attached hydrogen (secondary N) is 1. The van der Waals surface area contributed by atoms with Gasteiger partial charge in [-0.15, -0.1) is 0 Å². The highest BCUT2D eigenvalue weighted by Crippen LogP contribution is 2.60. The minimum absolute atomic E-state index is 0.181. The van der Waals surface area contributed by atoms with Crippen LogP contribution in [0.3, 0.4) is 0 Å². The fourth-order valence-corrected chi connectivity index (χ4v) is 7.94. The first-order valence-corrected chi connectivity index (χ1v) is 12.7. The van der Waals surface area contributed by atoms with E-state index in [4.69, 9.17) is 4.74 Å². The van der Waals surface area contributed by atoms with E-state index >= 15 is 0 Å². The van der Waals surface area contributed by atoms with Gasteiger partial charge in [0.05, 0.1) is 5.41 Å². The van der Waals surface area contributed by atoms with Crippen LogP contribution in [0.1, 0.15) is 84.0 Å². The summed E-state index contributed by atoms with van der Waals surface area (Å²) >= 11 is 0. The smallest absolute Gasteiger partial charge is 0.329 e. The highest BCUT2D eigenvalue weighted by atomic mass is 16.5. The van der Waals surface area contributed by atoms with Crippen molar-refractivity contribution >= 4 is 17.8 Å². The molecule has 1 aliphatic heterocycles. The zero-order valence-electron chi connectivity index (χ0n) is 18.9. The second-order valence-electron chi connectivity index (χ2n) is 11.4. The molecule has 0 aromatic heterocycles. The lowest BCUT2D eigenvalue weighted by atomic mass is 9.49. The number of likely N-dealkylation sites (tertiary alicyclic amines) is 1. The van der Waals surface area contributed by atoms with Gasteiger partial charge < -0.3 is 15.0 Å². The Labute approximate surface area is 185 Å².